The van der Waals surface area contributed by atoms with Gasteiger partial charge in [-0.2, -0.15) is 0 Å². The summed E-state index contributed by atoms with van der Waals surface area (Å²) in [4.78, 5) is 122. The highest BCUT2D eigenvalue weighted by Crippen LogP contribution is 2.44. The summed E-state index contributed by atoms with van der Waals surface area (Å²) in [7, 11) is 3.20. The molecule has 3 unspecified atom stereocenters. The number of hydrogen-bond donors (Lipinski definition) is 8. The summed E-state index contributed by atoms with van der Waals surface area (Å²) in [6, 6.07) is 20.1. The zero-order chi connectivity index (χ0) is 63.9. The van der Waals surface area contributed by atoms with E-state index in [4.69, 9.17) is 41.4 Å². The van der Waals surface area contributed by atoms with Crippen LogP contribution in [0.1, 0.15) is 88.5 Å². The number of ether oxygens (including phenoxy) is 3. The van der Waals surface area contributed by atoms with E-state index in [1.54, 1.807) is 36.0 Å². The van der Waals surface area contributed by atoms with Crippen molar-refractivity contribution in [3.8, 4) is 28.7 Å². The average molecular weight is 1230 g/mol. The van der Waals surface area contributed by atoms with Gasteiger partial charge in [0.1, 0.15) is 30.7 Å². The Kier molecular flexibility index (Phi) is 19.6. The Balaban J connectivity index is 0.836. The number of nitrogens with two attached hydrogens (primary N) is 3. The van der Waals surface area contributed by atoms with Crippen LogP contribution in [-0.2, 0) is 50.9 Å². The van der Waals surface area contributed by atoms with Crippen molar-refractivity contribution in [2.45, 2.75) is 107 Å². The number of likely N-dealkylation sites (tertiary alicyclic amines) is 1. The van der Waals surface area contributed by atoms with Gasteiger partial charge in [-0.25, -0.2) is 19.7 Å². The fourth-order valence-corrected chi connectivity index (χ4v) is 12.0. The number of nitrogens with one attached hydrogen (secondary N) is 5. The van der Waals surface area contributed by atoms with Crippen molar-refractivity contribution in [3.05, 3.63) is 112 Å². The number of nitrogens with zero attached hydrogens (tertiary/aromatic N) is 7. The minimum absolute atomic E-state index is 0.0112. The van der Waals surface area contributed by atoms with Gasteiger partial charge < -0.3 is 72.0 Å². The number of pyridine rings is 1. The smallest absolute Gasteiger partial charge is 0.332 e. The lowest BCUT2D eigenvalue weighted by Crippen LogP contribution is -2.57. The highest BCUT2D eigenvalue weighted by Gasteiger charge is 2.45. The molecule has 1 aliphatic carbocycles. The molecule has 474 valence electrons. The minimum atomic E-state index is -1.35. The minimum Gasteiger partial charge on any atom is -0.495 e. The molecule has 0 radical (unpaired) electrons. The maximum absolute atomic E-state index is 13.7. The third-order valence-electron chi connectivity index (χ3n) is 17.1. The van der Waals surface area contributed by atoms with Crippen molar-refractivity contribution in [2.75, 3.05) is 76.2 Å². The third kappa shape index (κ3) is 14.6. The predicted molar refractivity (Wildman–Crippen MR) is 335 cm³/mol. The summed E-state index contributed by atoms with van der Waals surface area (Å²) in [5.74, 6) is 3.53. The summed E-state index contributed by atoms with van der Waals surface area (Å²) < 4.78 is 20.8. The normalized spacial score (nSPS) is 17.7. The van der Waals surface area contributed by atoms with Crippen molar-refractivity contribution in [2.24, 2.45) is 24.2 Å². The molecule has 3 saturated heterocycles. The Morgan fingerprint density at radius 3 is 2.31 bits per heavy atom. The van der Waals surface area contributed by atoms with E-state index in [1.165, 1.54) is 18.9 Å². The Labute approximate surface area is 519 Å². The van der Waals surface area contributed by atoms with E-state index in [0.717, 1.165) is 78.6 Å². The van der Waals surface area contributed by atoms with Crippen LogP contribution in [0.15, 0.2) is 90.0 Å². The number of imide groups is 1. The first-order valence-electron chi connectivity index (χ1n) is 30.2. The van der Waals surface area contributed by atoms with Gasteiger partial charge in [0, 0.05) is 99.0 Å². The average Bonchev–Trinajstić information content (AvgIpc) is 1.27. The van der Waals surface area contributed by atoms with Crippen LogP contribution in [0.2, 0.25) is 0 Å². The number of piperidine rings is 2. The SMILES string of the molecule is COc1ccc(C#CCNC2(C)CCN(C3CCN(c4nc(C(COCNC(=O)C(CC(N)=O)NC(C)=O)(OC5CC5)c5ccccc5)c5cc(-c6cn(C)c(=O)c7[nH]ccc67)ccc5n4)CC3)CC2)cc1N1CCC(=O)N(CNC(=O)C(N)CC(N)=O)C1=O. The molecule has 8 amide bonds. The summed E-state index contributed by atoms with van der Waals surface area (Å²) in [5, 5.41) is 12.8. The molecule has 6 heterocycles. The lowest BCUT2D eigenvalue weighted by atomic mass is 9.87. The van der Waals surface area contributed by atoms with Gasteiger partial charge in [0.25, 0.3) is 5.56 Å². The molecule has 6 aromatic rings. The number of hydrogen-bond acceptors (Lipinski definition) is 17. The number of urea groups is 1. The van der Waals surface area contributed by atoms with E-state index in [9.17, 15) is 38.4 Å². The monoisotopic (exact) mass is 1230 g/mol. The Bertz CT molecular complexity index is 3810. The zero-order valence-corrected chi connectivity index (χ0v) is 51.0. The second-order valence-corrected chi connectivity index (χ2v) is 23.6. The number of aryl methyl sites for hydroxylation is 1. The molecule has 26 nitrogen and oxygen atoms in total. The fourth-order valence-electron chi connectivity index (χ4n) is 12.0. The van der Waals surface area contributed by atoms with Crippen molar-refractivity contribution >= 4 is 74.9 Å². The highest BCUT2D eigenvalue weighted by atomic mass is 16.6. The lowest BCUT2D eigenvalue weighted by Gasteiger charge is -2.45. The van der Waals surface area contributed by atoms with E-state index in [1.807, 2.05) is 60.8 Å². The van der Waals surface area contributed by atoms with Crippen LogP contribution in [0.25, 0.3) is 32.9 Å². The molecule has 3 aliphatic heterocycles. The summed E-state index contributed by atoms with van der Waals surface area (Å²) in [5.41, 5.74) is 19.8. The largest absolute Gasteiger partial charge is 0.495 e. The molecule has 10 rings (SSSR count). The molecular weight excluding hydrogens is 1150 g/mol. The van der Waals surface area contributed by atoms with Gasteiger partial charge in [-0.05, 0) is 93.0 Å². The first kappa shape index (κ1) is 63.7. The maximum Gasteiger partial charge on any atom is 0.332 e. The number of carbonyl (C=O) groups excluding carboxylic acids is 7. The van der Waals surface area contributed by atoms with Crippen LogP contribution in [-0.4, -0.2) is 167 Å². The van der Waals surface area contributed by atoms with Crippen LogP contribution < -0.4 is 58.6 Å². The predicted octanol–water partition coefficient (Wildman–Crippen LogP) is 2.28. The Hall–Kier alpha value is -9.26. The second-order valence-electron chi connectivity index (χ2n) is 23.6. The van der Waals surface area contributed by atoms with Gasteiger partial charge in [-0.1, -0.05) is 48.2 Å². The number of rotatable bonds is 24. The number of fused-ring (bicyclic) bond motifs is 2. The van der Waals surface area contributed by atoms with Crippen LogP contribution >= 0.6 is 0 Å². The number of methoxy groups -OCH3 is 1. The van der Waals surface area contributed by atoms with Gasteiger partial charge in [0.2, 0.25) is 41.4 Å². The molecular formula is C64H77N15O11. The number of benzene rings is 3. The number of aromatic amines is 1. The summed E-state index contributed by atoms with van der Waals surface area (Å²) in [6.07, 6.45) is 7.80. The molecule has 3 aromatic carbocycles. The van der Waals surface area contributed by atoms with E-state index >= 15 is 0 Å². The lowest BCUT2D eigenvalue weighted by molar-refractivity contribution is -0.133. The molecule has 90 heavy (non-hydrogen) atoms. The maximum atomic E-state index is 13.7. The van der Waals surface area contributed by atoms with Gasteiger partial charge in [0.05, 0.1) is 62.1 Å². The topological polar surface area (TPSA) is 350 Å². The standard InChI is InChI=1S/C64H77N15O11/c1-39(80)72-50(34-54(67)82)59(85)70-38-89-36-64(90-44-14-15-44,42-10-6-5-7-11-42)57-46-32-41(47-35-75(3)60(86)56-45(47)18-25-68-56)13-16-49(46)73-61(74-57)77-26-19-43(20-27-77)76-29-22-63(2,23-30-76)71-24-8-9-40-12-17-52(88-4)51(31-40)78-28-21-55(83)79(62(78)87)37-69-58(84)48(65)33-53(66)81/h5-7,10-13,16-18,25,31-32,35,43-44,48,50,68,71H,14-15,19-24,26-30,33-34,36-38,65H2,1-4H3,(H2,66,81)(H2,67,82)(H,69,84)(H,70,85)(H,72,80). The molecule has 3 atom stereocenters. The first-order valence-corrected chi connectivity index (χ1v) is 30.2. The van der Waals surface area contributed by atoms with Crippen molar-refractivity contribution < 1.29 is 47.8 Å². The van der Waals surface area contributed by atoms with Gasteiger partial charge >= 0.3 is 6.03 Å². The first-order chi connectivity index (χ1) is 43.2. The third-order valence-corrected chi connectivity index (χ3v) is 17.1. The fraction of sp³-hybridized carbons (Fsp3) is 0.438. The molecule has 0 bridgehead atoms. The van der Waals surface area contributed by atoms with Gasteiger partial charge in [0.15, 0.2) is 5.60 Å². The number of aromatic nitrogens is 4. The summed E-state index contributed by atoms with van der Waals surface area (Å²) in [6.45, 7) is 6.27. The Morgan fingerprint density at radius 1 is 0.867 bits per heavy atom. The summed E-state index contributed by atoms with van der Waals surface area (Å²) >= 11 is 0. The number of H-pyrrole nitrogens is 1. The van der Waals surface area contributed by atoms with E-state index in [-0.39, 0.29) is 43.5 Å². The molecule has 1 saturated carbocycles. The zero-order valence-electron chi connectivity index (χ0n) is 51.0. The van der Waals surface area contributed by atoms with Crippen LogP contribution in [0.5, 0.6) is 5.75 Å². The van der Waals surface area contributed by atoms with E-state index in [0.29, 0.717) is 70.7 Å². The molecule has 3 aromatic heterocycles. The van der Waals surface area contributed by atoms with E-state index in [2.05, 4.69) is 54.8 Å². The van der Waals surface area contributed by atoms with Crippen LogP contribution in [0, 0.1) is 11.8 Å². The molecule has 0 spiro atoms. The molecule has 26 heteroatoms. The molecule has 4 fully saturated rings. The molecule has 11 N–H and O–H groups in total. The van der Waals surface area contributed by atoms with Gasteiger partial charge in [-0.15, -0.1) is 0 Å². The second kappa shape index (κ2) is 27.6. The Morgan fingerprint density at radius 2 is 1.61 bits per heavy atom. The van der Waals surface area contributed by atoms with Crippen molar-refractivity contribution in [1.82, 2.24) is 50.6 Å². The molecule has 4 aliphatic rings. The van der Waals surface area contributed by atoms with Crippen molar-refractivity contribution in [3.63, 3.8) is 0 Å². The number of carbonyl (C=O) groups is 7. The number of anilines is 2. The highest BCUT2D eigenvalue weighted by molar-refractivity contribution is 6.07. The van der Waals surface area contributed by atoms with Crippen LogP contribution in [0.4, 0.5) is 16.4 Å². The van der Waals surface area contributed by atoms with Gasteiger partial charge in [-0.3, -0.25) is 38.5 Å². The number of amides is 8. The number of primary amides is 2. The van der Waals surface area contributed by atoms with E-state index < -0.39 is 78.7 Å². The van der Waals surface area contributed by atoms with Crippen molar-refractivity contribution in [1.29, 1.82) is 0 Å². The quantitative estimate of drug-likeness (QED) is 0.0245. The van der Waals surface area contributed by atoms with Crippen LogP contribution in [0.3, 0.4) is 0 Å².